The fourth-order valence-electron chi connectivity index (χ4n) is 4.93. The molecular weight excluding hydrogens is 340 g/mol. The lowest BCUT2D eigenvalue weighted by Crippen LogP contribution is -2.50. The van der Waals surface area contributed by atoms with Crippen molar-refractivity contribution in [3.63, 3.8) is 0 Å². The third-order valence-corrected chi connectivity index (χ3v) is 6.46. The van der Waals surface area contributed by atoms with E-state index in [9.17, 15) is 0 Å². The third-order valence-electron chi connectivity index (χ3n) is 6.46. The van der Waals surface area contributed by atoms with Gasteiger partial charge in [0.05, 0.1) is 26.4 Å². The molecule has 1 aromatic carbocycles. The molecule has 1 aromatic rings. The lowest BCUT2D eigenvalue weighted by molar-refractivity contribution is 0.0524. The van der Waals surface area contributed by atoms with Crippen LogP contribution >= 0.6 is 0 Å². The van der Waals surface area contributed by atoms with E-state index in [4.69, 9.17) is 14.2 Å². The second-order valence-electron chi connectivity index (χ2n) is 8.22. The van der Waals surface area contributed by atoms with Crippen molar-refractivity contribution in [3.8, 4) is 11.5 Å². The minimum atomic E-state index is 0.360. The van der Waals surface area contributed by atoms with Crippen LogP contribution in [0.4, 0.5) is 0 Å². The van der Waals surface area contributed by atoms with Gasteiger partial charge in [-0.2, -0.15) is 0 Å². The van der Waals surface area contributed by atoms with Gasteiger partial charge in [-0.15, -0.1) is 0 Å². The van der Waals surface area contributed by atoms with Crippen LogP contribution in [-0.2, 0) is 11.3 Å². The molecule has 4 rings (SSSR count). The van der Waals surface area contributed by atoms with Crippen molar-refractivity contribution in [2.75, 3.05) is 26.9 Å². The molecule has 2 N–H and O–H groups in total. The van der Waals surface area contributed by atoms with Crippen molar-refractivity contribution < 1.29 is 14.2 Å². The summed E-state index contributed by atoms with van der Waals surface area (Å²) in [5.74, 6) is 2.51. The summed E-state index contributed by atoms with van der Waals surface area (Å²) < 4.78 is 17.5. The maximum absolute atomic E-state index is 6.35. The summed E-state index contributed by atoms with van der Waals surface area (Å²) in [5, 5.41) is 7.49. The predicted molar refractivity (Wildman–Crippen MR) is 106 cm³/mol. The lowest BCUT2D eigenvalue weighted by Gasteiger charge is -2.33. The number of benzene rings is 1. The molecule has 0 aromatic heterocycles. The molecule has 0 bridgehead atoms. The first-order chi connectivity index (χ1) is 13.3. The van der Waals surface area contributed by atoms with Crippen molar-refractivity contribution in [1.82, 2.24) is 10.6 Å². The molecule has 5 heteroatoms. The van der Waals surface area contributed by atoms with Gasteiger partial charge >= 0.3 is 0 Å². The highest BCUT2D eigenvalue weighted by Gasteiger charge is 2.34. The van der Waals surface area contributed by atoms with E-state index in [1.807, 2.05) is 6.07 Å². The predicted octanol–water partition coefficient (Wildman–Crippen LogP) is 3.26. The molecule has 0 radical (unpaired) electrons. The van der Waals surface area contributed by atoms with E-state index >= 15 is 0 Å². The lowest BCUT2D eigenvalue weighted by atomic mass is 9.94. The van der Waals surface area contributed by atoms with Crippen LogP contribution in [0.1, 0.15) is 50.5 Å². The molecule has 1 aliphatic heterocycles. The van der Waals surface area contributed by atoms with E-state index in [1.165, 1.54) is 50.5 Å². The van der Waals surface area contributed by atoms with Crippen LogP contribution in [0.25, 0.3) is 0 Å². The molecule has 3 atom stereocenters. The van der Waals surface area contributed by atoms with Crippen LogP contribution in [0.5, 0.6) is 11.5 Å². The molecule has 3 aliphatic rings. The largest absolute Gasteiger partial charge is 0.497 e. The zero-order valence-corrected chi connectivity index (χ0v) is 16.5. The Morgan fingerprint density at radius 2 is 2.04 bits per heavy atom. The summed E-state index contributed by atoms with van der Waals surface area (Å²) in [6.07, 6.45) is 9.09. The first-order valence-electron chi connectivity index (χ1n) is 10.7. The topological polar surface area (TPSA) is 51.8 Å². The minimum absolute atomic E-state index is 0.360. The second kappa shape index (κ2) is 9.26. The first-order valence-corrected chi connectivity index (χ1v) is 10.7. The molecule has 3 fully saturated rings. The molecule has 27 heavy (non-hydrogen) atoms. The second-order valence-corrected chi connectivity index (χ2v) is 8.22. The summed E-state index contributed by atoms with van der Waals surface area (Å²) in [6.45, 7) is 3.52. The van der Waals surface area contributed by atoms with E-state index in [-0.39, 0.29) is 0 Å². The van der Waals surface area contributed by atoms with E-state index in [1.54, 1.807) is 7.11 Å². The van der Waals surface area contributed by atoms with Crippen molar-refractivity contribution in [3.05, 3.63) is 23.8 Å². The minimum Gasteiger partial charge on any atom is -0.497 e. The molecule has 2 aliphatic carbocycles. The Labute approximate surface area is 163 Å². The SMILES string of the molecule is COc1ccc(CNC2CCCC2C2COCCN2)c(OC2CCCC2)c1. The van der Waals surface area contributed by atoms with Gasteiger partial charge in [0.1, 0.15) is 11.5 Å². The highest BCUT2D eigenvalue weighted by Crippen LogP contribution is 2.32. The third kappa shape index (κ3) is 4.76. The van der Waals surface area contributed by atoms with Gasteiger partial charge in [-0.05, 0) is 50.5 Å². The molecule has 0 amide bonds. The van der Waals surface area contributed by atoms with Crippen LogP contribution in [0.3, 0.4) is 0 Å². The van der Waals surface area contributed by atoms with Crippen LogP contribution < -0.4 is 20.1 Å². The quantitative estimate of drug-likeness (QED) is 0.767. The number of hydrogen-bond acceptors (Lipinski definition) is 5. The van der Waals surface area contributed by atoms with Crippen molar-refractivity contribution in [2.45, 2.75) is 69.7 Å². The molecule has 0 spiro atoms. The zero-order valence-electron chi connectivity index (χ0n) is 16.5. The van der Waals surface area contributed by atoms with Gasteiger partial charge in [0.25, 0.3) is 0 Å². The fraction of sp³-hybridized carbons (Fsp3) is 0.727. The fourth-order valence-corrected chi connectivity index (χ4v) is 4.93. The maximum Gasteiger partial charge on any atom is 0.127 e. The molecule has 2 saturated carbocycles. The summed E-state index contributed by atoms with van der Waals surface area (Å²) in [5.41, 5.74) is 1.24. The maximum atomic E-state index is 6.35. The Balaban J connectivity index is 1.40. The van der Waals surface area contributed by atoms with E-state index in [0.717, 1.165) is 37.8 Å². The molecule has 1 heterocycles. The Morgan fingerprint density at radius 1 is 1.15 bits per heavy atom. The van der Waals surface area contributed by atoms with Crippen LogP contribution in [0.2, 0.25) is 0 Å². The van der Waals surface area contributed by atoms with Crippen molar-refractivity contribution in [2.24, 2.45) is 5.92 Å². The average Bonchev–Trinajstić information content (AvgIpc) is 3.39. The average molecular weight is 375 g/mol. The van der Waals surface area contributed by atoms with Gasteiger partial charge in [0, 0.05) is 36.8 Å². The van der Waals surface area contributed by atoms with Gasteiger partial charge in [-0.25, -0.2) is 0 Å². The normalized spacial score (nSPS) is 29.1. The molecule has 150 valence electrons. The smallest absolute Gasteiger partial charge is 0.127 e. The van der Waals surface area contributed by atoms with Crippen molar-refractivity contribution >= 4 is 0 Å². The van der Waals surface area contributed by atoms with Gasteiger partial charge in [-0.1, -0.05) is 12.5 Å². The van der Waals surface area contributed by atoms with Gasteiger partial charge < -0.3 is 24.8 Å². The summed E-state index contributed by atoms with van der Waals surface area (Å²) in [4.78, 5) is 0. The Bertz CT molecular complexity index is 597. The molecule has 1 saturated heterocycles. The summed E-state index contributed by atoms with van der Waals surface area (Å²) >= 11 is 0. The number of ether oxygens (including phenoxy) is 3. The van der Waals surface area contributed by atoms with E-state index in [2.05, 4.69) is 22.8 Å². The van der Waals surface area contributed by atoms with Gasteiger partial charge in [0.2, 0.25) is 0 Å². The summed E-state index contributed by atoms with van der Waals surface area (Å²) in [6, 6.07) is 7.29. The number of rotatable bonds is 7. The Hall–Kier alpha value is -1.30. The molecule has 3 unspecified atom stereocenters. The van der Waals surface area contributed by atoms with Crippen LogP contribution in [-0.4, -0.2) is 45.1 Å². The molecular formula is C22H34N2O3. The number of nitrogens with one attached hydrogen (secondary N) is 2. The van der Waals surface area contributed by atoms with Crippen molar-refractivity contribution in [1.29, 1.82) is 0 Å². The van der Waals surface area contributed by atoms with Gasteiger partial charge in [-0.3, -0.25) is 0 Å². The van der Waals surface area contributed by atoms with E-state index < -0.39 is 0 Å². The monoisotopic (exact) mass is 374 g/mol. The highest BCUT2D eigenvalue weighted by atomic mass is 16.5. The summed E-state index contributed by atoms with van der Waals surface area (Å²) in [7, 11) is 1.72. The van der Waals surface area contributed by atoms with Crippen LogP contribution in [0.15, 0.2) is 18.2 Å². The number of methoxy groups -OCH3 is 1. The highest BCUT2D eigenvalue weighted by molar-refractivity contribution is 5.41. The van der Waals surface area contributed by atoms with Crippen LogP contribution in [0, 0.1) is 5.92 Å². The van der Waals surface area contributed by atoms with Gasteiger partial charge in [0.15, 0.2) is 0 Å². The number of morpholine rings is 1. The molecule has 5 nitrogen and oxygen atoms in total. The van der Waals surface area contributed by atoms with E-state index in [0.29, 0.717) is 24.1 Å². The zero-order chi connectivity index (χ0) is 18.5. The number of hydrogen-bond donors (Lipinski definition) is 2. The Kier molecular flexibility index (Phi) is 6.53. The standard InChI is InChI=1S/C22H34N2O3/c1-25-18-10-9-16(22(13-18)27-17-5-2-3-6-17)14-24-20-8-4-7-19(20)21-15-26-12-11-23-21/h9-10,13,17,19-21,23-24H,2-8,11-12,14-15H2,1H3. The first kappa shape index (κ1) is 19.0. The Morgan fingerprint density at radius 3 is 2.81 bits per heavy atom.